The van der Waals surface area contributed by atoms with Crippen LogP contribution in [-0.2, 0) is 31.3 Å². The number of furan rings is 1. The Balaban J connectivity index is 0.000000269. The summed E-state index contributed by atoms with van der Waals surface area (Å²) >= 11 is 0. The third-order valence-corrected chi connectivity index (χ3v) is 10.8. The number of rotatable bonds is 10. The van der Waals surface area contributed by atoms with Crippen molar-refractivity contribution in [1.29, 1.82) is 0 Å². The summed E-state index contributed by atoms with van der Waals surface area (Å²) in [6.07, 6.45) is 7.49. The largest absolute Gasteiger partial charge is 0.512 e. The van der Waals surface area contributed by atoms with Crippen LogP contribution >= 0.6 is 0 Å². The van der Waals surface area contributed by atoms with Crippen LogP contribution in [0.15, 0.2) is 83.2 Å². The molecule has 0 spiro atoms. The summed E-state index contributed by atoms with van der Waals surface area (Å²) in [5, 5.41) is 15.8. The predicted octanol–water partition coefficient (Wildman–Crippen LogP) is 12.3. The van der Waals surface area contributed by atoms with Crippen molar-refractivity contribution in [2.45, 2.75) is 94.4 Å². The third-order valence-electron chi connectivity index (χ3n) is 10.8. The number of nitrogens with zero attached hydrogens (tertiary/aromatic N) is 2. The molecule has 0 aliphatic rings. The molecule has 0 fully saturated rings. The fourth-order valence-electron chi connectivity index (χ4n) is 6.61. The van der Waals surface area contributed by atoms with Gasteiger partial charge < -0.3 is 9.52 Å². The van der Waals surface area contributed by atoms with E-state index in [1.165, 1.54) is 28.0 Å². The second-order valence-electron chi connectivity index (χ2n) is 14.4. The topological polar surface area (TPSA) is 76.2 Å². The van der Waals surface area contributed by atoms with Crippen LogP contribution in [0.1, 0.15) is 92.2 Å². The molecule has 6 rings (SSSR count). The van der Waals surface area contributed by atoms with Crippen LogP contribution in [0.4, 0.5) is 0 Å². The number of carbonyl (C=O) groups excluding carboxylic acids is 1. The van der Waals surface area contributed by atoms with E-state index in [9.17, 15) is 9.90 Å². The first-order valence-corrected chi connectivity index (χ1v) is 17.8. The zero-order valence-electron chi connectivity index (χ0n) is 31.0. The Morgan fingerprint density at radius 2 is 1.58 bits per heavy atom. The van der Waals surface area contributed by atoms with Crippen molar-refractivity contribution in [3.63, 3.8) is 0 Å². The van der Waals surface area contributed by atoms with Crippen molar-refractivity contribution >= 4 is 49.4 Å². The molecule has 0 saturated heterocycles. The summed E-state index contributed by atoms with van der Waals surface area (Å²) in [4.78, 5) is 21.6. The molecule has 2 heterocycles. The zero-order chi connectivity index (χ0) is 35.5. The fourth-order valence-corrected chi connectivity index (χ4v) is 6.61. The van der Waals surface area contributed by atoms with Gasteiger partial charge in [0.05, 0.1) is 11.1 Å². The molecule has 4 aromatic carbocycles. The minimum atomic E-state index is -0.337. The van der Waals surface area contributed by atoms with E-state index in [0.717, 1.165) is 76.2 Å². The molecule has 1 N–H and O–H groups in total. The maximum atomic E-state index is 12.2. The Morgan fingerprint density at radius 1 is 0.900 bits per heavy atom. The molecule has 0 amide bonds. The van der Waals surface area contributed by atoms with Gasteiger partial charge in [-0.25, -0.2) is 4.98 Å². The number of para-hydroxylation sites is 1. The first-order chi connectivity index (χ1) is 23.4. The maximum Gasteiger partial charge on any atom is 0.164 e. The van der Waals surface area contributed by atoms with Crippen molar-refractivity contribution < 1.29 is 34.4 Å². The van der Waals surface area contributed by atoms with E-state index in [4.69, 9.17) is 9.40 Å². The van der Waals surface area contributed by atoms with Gasteiger partial charge in [0, 0.05) is 53.5 Å². The van der Waals surface area contributed by atoms with Crippen molar-refractivity contribution in [3.8, 4) is 11.3 Å². The van der Waals surface area contributed by atoms with E-state index in [2.05, 4.69) is 68.2 Å². The number of carbonyl (C=O) groups is 1. The van der Waals surface area contributed by atoms with E-state index in [-0.39, 0.29) is 42.5 Å². The predicted molar refractivity (Wildman–Crippen MR) is 205 cm³/mol. The zero-order valence-corrected chi connectivity index (χ0v) is 33.4. The van der Waals surface area contributed by atoms with E-state index in [0.29, 0.717) is 5.92 Å². The molecule has 2 aromatic heterocycles. The number of aliphatic hydroxyl groups is 1. The number of ketones is 1. The maximum absolute atomic E-state index is 12.2. The second-order valence-corrected chi connectivity index (χ2v) is 14.4. The number of fused-ring (bicyclic) bond motifs is 6. The van der Waals surface area contributed by atoms with E-state index in [1.54, 1.807) is 6.33 Å². The molecule has 0 atom stereocenters. The number of aromatic nitrogens is 2. The molecule has 5 nitrogen and oxygen atoms in total. The van der Waals surface area contributed by atoms with Crippen LogP contribution in [0, 0.1) is 29.7 Å². The van der Waals surface area contributed by atoms with Gasteiger partial charge in [-0.15, -0.1) is 18.2 Å². The number of benzene rings is 4. The van der Waals surface area contributed by atoms with Crippen LogP contribution in [0.5, 0.6) is 0 Å². The van der Waals surface area contributed by atoms with Crippen molar-refractivity contribution in [3.05, 3.63) is 96.0 Å². The molecule has 0 unspecified atom stereocenters. The smallest absolute Gasteiger partial charge is 0.164 e. The standard InChI is InChI=1S/C29H23N2O.C15H28O2.Ir/c1-17(2)13-19-14-18(3)26-20(15-19)11-12-23-27(30-16-31-28(23)26)24-9-6-8-22-21-7-4-5-10-25(21)32-29(22)24;1-7-14(5,8-2)12(16)11-13(17)15(6,9-3)10-4;/h4-8,10-12,14-17H,13H2,1-3H3;11,16H,7-10H2,1-6H3;/q-1;;/b;12-11-;. The molecule has 0 saturated carbocycles. The Bertz CT molecular complexity index is 2150. The molecular weight excluding hydrogens is 797 g/mol. The SMILES string of the molecule is CCC(C)(CC)C(=O)/C=C(\O)C(C)(CC)CC.Cc1cc(CC(C)C)cc2ccc3c(-c4[c-]ccc5c4oc4ccccc45)ncnc3c12.[Ir]. The Kier molecular flexibility index (Phi) is 12.5. The van der Waals surface area contributed by atoms with E-state index < -0.39 is 0 Å². The summed E-state index contributed by atoms with van der Waals surface area (Å²) < 4.78 is 6.26. The molecule has 0 aliphatic carbocycles. The quantitative estimate of drug-likeness (QED) is 0.0643. The van der Waals surface area contributed by atoms with Gasteiger partial charge in [-0.05, 0) is 72.9 Å². The number of hydrogen-bond donors (Lipinski definition) is 1. The molecule has 0 aliphatic heterocycles. The second kappa shape index (κ2) is 16.0. The van der Waals surface area contributed by atoms with Gasteiger partial charge in [0.15, 0.2) is 5.78 Å². The molecule has 6 heteroatoms. The van der Waals surface area contributed by atoms with Crippen LogP contribution < -0.4 is 0 Å². The average molecular weight is 848 g/mol. The molecule has 1 radical (unpaired) electrons. The van der Waals surface area contributed by atoms with Gasteiger partial charge in [-0.1, -0.05) is 109 Å². The Morgan fingerprint density at radius 3 is 2.24 bits per heavy atom. The van der Waals surface area contributed by atoms with Crippen LogP contribution in [0.3, 0.4) is 0 Å². The summed E-state index contributed by atoms with van der Waals surface area (Å²) in [6, 6.07) is 24.5. The van der Waals surface area contributed by atoms with E-state index >= 15 is 0 Å². The molecule has 265 valence electrons. The number of hydrogen-bond acceptors (Lipinski definition) is 5. The number of aliphatic hydroxyl groups excluding tert-OH is 1. The van der Waals surface area contributed by atoms with Crippen LogP contribution in [0.25, 0.3) is 54.9 Å². The van der Waals surface area contributed by atoms with Crippen LogP contribution in [0.2, 0.25) is 0 Å². The van der Waals surface area contributed by atoms with Gasteiger partial charge in [0.25, 0.3) is 0 Å². The fraction of sp³-hybridized carbons (Fsp3) is 0.386. The van der Waals surface area contributed by atoms with Gasteiger partial charge >= 0.3 is 0 Å². The summed E-state index contributed by atoms with van der Waals surface area (Å²) in [5.74, 6) is 0.912. The normalized spacial score (nSPS) is 12.4. The summed E-state index contributed by atoms with van der Waals surface area (Å²) in [7, 11) is 0. The van der Waals surface area contributed by atoms with Gasteiger partial charge in [-0.3, -0.25) is 9.78 Å². The van der Waals surface area contributed by atoms with Crippen LogP contribution in [-0.4, -0.2) is 20.9 Å². The number of aryl methyl sites for hydroxylation is 1. The third kappa shape index (κ3) is 7.57. The summed E-state index contributed by atoms with van der Waals surface area (Å²) in [5.41, 5.74) is 6.42. The Labute approximate surface area is 310 Å². The van der Waals surface area contributed by atoms with Gasteiger partial charge in [0.2, 0.25) is 0 Å². The molecule has 0 bridgehead atoms. The minimum absolute atomic E-state index is 0. The first-order valence-electron chi connectivity index (χ1n) is 17.8. The van der Waals surface area contributed by atoms with Gasteiger partial charge in [0.1, 0.15) is 17.7 Å². The average Bonchev–Trinajstić information content (AvgIpc) is 3.49. The first kappa shape index (κ1) is 38.9. The van der Waals surface area contributed by atoms with Crippen molar-refractivity contribution in [2.75, 3.05) is 0 Å². The molecule has 6 aromatic rings. The summed E-state index contributed by atoms with van der Waals surface area (Å²) in [6.45, 7) is 18.8. The Hall–Kier alpha value is -3.86. The van der Waals surface area contributed by atoms with Crippen molar-refractivity contribution in [2.24, 2.45) is 16.7 Å². The molecular formula is C44H51IrN2O3-. The van der Waals surface area contributed by atoms with Gasteiger partial charge in [-0.2, -0.15) is 0 Å². The monoisotopic (exact) mass is 848 g/mol. The molecule has 50 heavy (non-hydrogen) atoms. The minimum Gasteiger partial charge on any atom is -0.512 e. The van der Waals surface area contributed by atoms with E-state index in [1.807, 2.05) is 65.8 Å². The number of allylic oxidation sites excluding steroid dienone is 2. The van der Waals surface area contributed by atoms with Crippen molar-refractivity contribution in [1.82, 2.24) is 9.97 Å².